The maximum absolute atomic E-state index is 13.1. The van der Waals surface area contributed by atoms with E-state index in [9.17, 15) is 18.5 Å². The summed E-state index contributed by atoms with van der Waals surface area (Å²) >= 11 is 0. The lowest BCUT2D eigenvalue weighted by Gasteiger charge is -2.34. The Morgan fingerprint density at radius 1 is 1.18 bits per heavy atom. The predicted octanol–water partition coefficient (Wildman–Crippen LogP) is 2.02. The van der Waals surface area contributed by atoms with Crippen molar-refractivity contribution < 1.29 is 13.3 Å². The SMILES string of the molecule is CCc1nn(C)c(N2CCN(S(=O)(=O)c3cc(C)ccc3C)CC2)c1[N+](=O)[O-]. The van der Waals surface area contributed by atoms with E-state index in [-0.39, 0.29) is 18.8 Å². The number of sulfonamides is 1. The Hall–Kier alpha value is -2.46. The third-order valence-electron chi connectivity index (χ3n) is 5.08. The molecule has 0 spiro atoms. The standard InChI is InChI=1S/C18H25N5O4S/c1-5-15-17(23(24)25)18(20(4)19-15)21-8-10-22(11-9-21)28(26,27)16-12-13(2)6-7-14(16)3/h6-7,12H,5,8-11H2,1-4H3. The first kappa shape index (κ1) is 20.3. The zero-order valence-electron chi connectivity index (χ0n) is 16.5. The molecule has 0 N–H and O–H groups in total. The quantitative estimate of drug-likeness (QED) is 0.555. The van der Waals surface area contributed by atoms with Crippen LogP contribution in [0.5, 0.6) is 0 Å². The summed E-state index contributed by atoms with van der Waals surface area (Å²) in [6.07, 6.45) is 0.463. The van der Waals surface area contributed by atoms with E-state index in [1.165, 1.54) is 8.99 Å². The number of hydrogen-bond acceptors (Lipinski definition) is 6. The molecule has 0 bridgehead atoms. The molecule has 2 aromatic rings. The van der Waals surface area contributed by atoms with E-state index in [1.54, 1.807) is 20.0 Å². The van der Waals surface area contributed by atoms with Gasteiger partial charge in [-0.05, 0) is 37.5 Å². The second-order valence-electron chi connectivity index (χ2n) is 7.01. The molecule has 0 radical (unpaired) electrons. The molecule has 9 nitrogen and oxygen atoms in total. The van der Waals surface area contributed by atoms with Crippen molar-refractivity contribution in [3.05, 3.63) is 45.1 Å². The van der Waals surface area contributed by atoms with Crippen LogP contribution >= 0.6 is 0 Å². The van der Waals surface area contributed by atoms with Crippen LogP contribution in [0.25, 0.3) is 0 Å². The highest BCUT2D eigenvalue weighted by molar-refractivity contribution is 7.89. The van der Waals surface area contributed by atoms with Crippen molar-refractivity contribution in [2.24, 2.45) is 7.05 Å². The van der Waals surface area contributed by atoms with Gasteiger partial charge < -0.3 is 4.90 Å². The van der Waals surface area contributed by atoms with Crippen molar-refractivity contribution in [3.8, 4) is 0 Å². The molecule has 0 atom stereocenters. The number of piperazine rings is 1. The summed E-state index contributed by atoms with van der Waals surface area (Å²) in [6.45, 7) is 6.74. The van der Waals surface area contributed by atoms with Crippen LogP contribution in [-0.4, -0.2) is 53.6 Å². The third kappa shape index (κ3) is 3.49. The fourth-order valence-corrected chi connectivity index (χ4v) is 5.33. The lowest BCUT2D eigenvalue weighted by molar-refractivity contribution is -0.384. The monoisotopic (exact) mass is 407 g/mol. The smallest absolute Gasteiger partial charge is 0.334 e. The average molecular weight is 407 g/mol. The zero-order valence-corrected chi connectivity index (χ0v) is 17.4. The van der Waals surface area contributed by atoms with E-state index in [0.29, 0.717) is 41.5 Å². The van der Waals surface area contributed by atoms with Gasteiger partial charge in [-0.25, -0.2) is 13.1 Å². The summed E-state index contributed by atoms with van der Waals surface area (Å²) < 4.78 is 29.1. The molecule has 0 aliphatic carbocycles. The third-order valence-corrected chi connectivity index (χ3v) is 7.12. The molecular weight excluding hydrogens is 382 g/mol. The van der Waals surface area contributed by atoms with Gasteiger partial charge in [0, 0.05) is 33.2 Å². The van der Waals surface area contributed by atoms with E-state index < -0.39 is 14.9 Å². The first-order chi connectivity index (χ1) is 13.2. The van der Waals surface area contributed by atoms with Gasteiger partial charge in [-0.15, -0.1) is 0 Å². The molecule has 0 amide bonds. The molecule has 152 valence electrons. The number of nitrogens with zero attached hydrogens (tertiary/aromatic N) is 5. The summed E-state index contributed by atoms with van der Waals surface area (Å²) in [4.78, 5) is 13.3. The van der Waals surface area contributed by atoms with Crippen molar-refractivity contribution in [1.29, 1.82) is 0 Å². The maximum Gasteiger partial charge on any atom is 0.334 e. The van der Waals surface area contributed by atoms with E-state index in [2.05, 4.69) is 5.10 Å². The molecular formula is C18H25N5O4S. The van der Waals surface area contributed by atoms with Gasteiger partial charge in [0.05, 0.1) is 9.82 Å². The Balaban J connectivity index is 1.85. The van der Waals surface area contributed by atoms with Crippen LogP contribution in [0, 0.1) is 24.0 Å². The molecule has 0 saturated carbocycles. The number of aryl methyl sites for hydroxylation is 4. The van der Waals surface area contributed by atoms with Crippen LogP contribution in [0.3, 0.4) is 0 Å². The summed E-state index contributed by atoms with van der Waals surface area (Å²) in [7, 11) is -1.93. The van der Waals surface area contributed by atoms with Crippen LogP contribution in [-0.2, 0) is 23.5 Å². The van der Waals surface area contributed by atoms with E-state index in [4.69, 9.17) is 0 Å². The van der Waals surface area contributed by atoms with Gasteiger partial charge in [-0.2, -0.15) is 9.40 Å². The molecule has 1 saturated heterocycles. The van der Waals surface area contributed by atoms with Crippen LogP contribution in [0.15, 0.2) is 23.1 Å². The van der Waals surface area contributed by atoms with Gasteiger partial charge in [-0.3, -0.25) is 10.1 Å². The highest BCUT2D eigenvalue weighted by Crippen LogP contribution is 2.33. The number of hydrogen-bond donors (Lipinski definition) is 0. The largest absolute Gasteiger partial charge is 0.348 e. The van der Waals surface area contributed by atoms with Crippen LogP contribution < -0.4 is 4.90 Å². The van der Waals surface area contributed by atoms with Crippen molar-refractivity contribution >= 4 is 21.5 Å². The van der Waals surface area contributed by atoms with Crippen LogP contribution in [0.2, 0.25) is 0 Å². The fraction of sp³-hybridized carbons (Fsp3) is 0.500. The number of aromatic nitrogens is 2. The molecule has 1 aromatic heterocycles. The Bertz CT molecular complexity index is 1010. The molecule has 1 aliphatic heterocycles. The Morgan fingerprint density at radius 3 is 2.39 bits per heavy atom. The molecule has 1 aromatic carbocycles. The molecule has 0 unspecified atom stereocenters. The van der Waals surface area contributed by atoms with Gasteiger partial charge in [0.2, 0.25) is 15.8 Å². The fourth-order valence-electron chi connectivity index (χ4n) is 3.60. The maximum atomic E-state index is 13.1. The Kier molecular flexibility index (Phi) is 5.44. The molecule has 1 aliphatic rings. The number of rotatable bonds is 5. The van der Waals surface area contributed by atoms with E-state index >= 15 is 0 Å². The molecule has 1 fully saturated rings. The highest BCUT2D eigenvalue weighted by Gasteiger charge is 2.35. The molecule has 3 rings (SSSR count). The van der Waals surface area contributed by atoms with Crippen molar-refractivity contribution in [3.63, 3.8) is 0 Å². The number of benzene rings is 1. The number of nitro groups is 1. The van der Waals surface area contributed by atoms with Crippen LogP contribution in [0.4, 0.5) is 11.5 Å². The first-order valence-corrected chi connectivity index (χ1v) is 10.6. The second kappa shape index (κ2) is 7.51. The van der Waals surface area contributed by atoms with Gasteiger partial charge in [-0.1, -0.05) is 19.1 Å². The summed E-state index contributed by atoms with van der Waals surface area (Å²) in [5.74, 6) is 0.436. The van der Waals surface area contributed by atoms with Gasteiger partial charge in [0.25, 0.3) is 0 Å². The predicted molar refractivity (Wildman–Crippen MR) is 106 cm³/mol. The van der Waals surface area contributed by atoms with Gasteiger partial charge >= 0.3 is 5.69 Å². The number of anilines is 1. The summed E-state index contributed by atoms with van der Waals surface area (Å²) in [5, 5.41) is 15.8. The van der Waals surface area contributed by atoms with E-state index in [0.717, 1.165) is 5.56 Å². The Morgan fingerprint density at radius 2 is 1.82 bits per heavy atom. The minimum atomic E-state index is -3.61. The summed E-state index contributed by atoms with van der Waals surface area (Å²) in [5.41, 5.74) is 2.05. The molecule has 2 heterocycles. The minimum absolute atomic E-state index is 0.0100. The average Bonchev–Trinajstić information content (AvgIpc) is 3.00. The molecule has 28 heavy (non-hydrogen) atoms. The second-order valence-corrected chi connectivity index (χ2v) is 8.92. The highest BCUT2D eigenvalue weighted by atomic mass is 32.2. The van der Waals surface area contributed by atoms with Crippen molar-refractivity contribution in [2.75, 3.05) is 31.1 Å². The first-order valence-electron chi connectivity index (χ1n) is 9.19. The van der Waals surface area contributed by atoms with Gasteiger partial charge in [0.1, 0.15) is 5.69 Å². The molecule has 10 heteroatoms. The van der Waals surface area contributed by atoms with Gasteiger partial charge in [0.15, 0.2) is 0 Å². The lowest BCUT2D eigenvalue weighted by atomic mass is 10.2. The van der Waals surface area contributed by atoms with Crippen molar-refractivity contribution in [1.82, 2.24) is 14.1 Å². The Labute approximate surface area is 164 Å². The van der Waals surface area contributed by atoms with E-state index in [1.807, 2.05) is 30.9 Å². The van der Waals surface area contributed by atoms with Crippen molar-refractivity contribution in [2.45, 2.75) is 32.1 Å². The zero-order chi connectivity index (χ0) is 20.6. The normalized spacial score (nSPS) is 15.8. The lowest BCUT2D eigenvalue weighted by Crippen LogP contribution is -2.49. The van der Waals surface area contributed by atoms with Crippen LogP contribution in [0.1, 0.15) is 23.7 Å². The summed E-state index contributed by atoms with van der Waals surface area (Å²) in [6, 6.07) is 5.39. The minimum Gasteiger partial charge on any atom is -0.348 e. The topological polar surface area (TPSA) is 102 Å².